The van der Waals surface area contributed by atoms with Gasteiger partial charge in [-0.05, 0) is 41.5 Å². The number of rotatable bonds is 5. The maximum atomic E-state index is 9.08. The third kappa shape index (κ3) is 5.54. The first kappa shape index (κ1) is 31.2. The zero-order valence-corrected chi connectivity index (χ0v) is 29.8. The zero-order chi connectivity index (χ0) is 35.3. The van der Waals surface area contributed by atoms with E-state index < -0.39 is 0 Å². The van der Waals surface area contributed by atoms with Crippen LogP contribution in [0.25, 0.3) is 74.0 Å². The van der Waals surface area contributed by atoms with E-state index in [2.05, 4.69) is 66.7 Å². The molecule has 1 N–H and O–H groups in total. The lowest BCUT2D eigenvalue weighted by Crippen LogP contribution is -2.04. The number of nitrogens with one attached hydrogen (secondary N) is 1. The quantitative estimate of drug-likeness (QED) is 0.142. The molecule has 0 fully saturated rings. The molecule has 0 unspecified atom stereocenters. The average Bonchev–Trinajstić information content (AvgIpc) is 3.93. The summed E-state index contributed by atoms with van der Waals surface area (Å²) >= 11 is 3.49. The smallest absolute Gasteiger partial charge is 0.161 e. The van der Waals surface area contributed by atoms with Gasteiger partial charge in [-0.2, -0.15) is 0 Å². The second-order valence-corrected chi connectivity index (χ2v) is 14.8. The van der Waals surface area contributed by atoms with Gasteiger partial charge in [0.1, 0.15) is 16.2 Å². The molecular formula is C46H28N4OS2. The Kier molecular flexibility index (Phi) is 7.60. The number of thiazole rings is 1. The Morgan fingerprint density at radius 3 is 2.13 bits per heavy atom. The van der Waals surface area contributed by atoms with Crippen LogP contribution in [0.4, 0.5) is 0 Å². The summed E-state index contributed by atoms with van der Waals surface area (Å²) in [7, 11) is 0. The molecule has 5 nitrogen and oxygen atoms in total. The van der Waals surface area contributed by atoms with E-state index in [4.69, 9.17) is 24.8 Å². The molecular weight excluding hydrogens is 689 g/mol. The number of aromatic nitrogens is 1. The van der Waals surface area contributed by atoms with Crippen molar-refractivity contribution in [3.05, 3.63) is 174 Å². The van der Waals surface area contributed by atoms with Gasteiger partial charge in [0.2, 0.25) is 0 Å². The molecule has 0 atom stereocenters. The molecule has 10 rings (SSSR count). The van der Waals surface area contributed by atoms with Gasteiger partial charge in [-0.1, -0.05) is 127 Å². The summed E-state index contributed by atoms with van der Waals surface area (Å²) in [4.78, 5) is 14.7. The Labute approximate surface area is 312 Å². The molecule has 0 aliphatic rings. The van der Waals surface area contributed by atoms with Crippen LogP contribution < -0.4 is 0 Å². The zero-order valence-electron chi connectivity index (χ0n) is 28.2. The number of hydrogen-bond acceptors (Lipinski definition) is 5. The first-order valence-electron chi connectivity index (χ1n) is 17.3. The minimum absolute atomic E-state index is 0.137. The lowest BCUT2D eigenvalue weighted by molar-refractivity contribution is 0.669. The average molecular weight is 717 g/mol. The molecule has 7 heteroatoms. The van der Waals surface area contributed by atoms with E-state index >= 15 is 0 Å². The molecule has 7 aromatic carbocycles. The van der Waals surface area contributed by atoms with Crippen molar-refractivity contribution >= 4 is 92.9 Å². The van der Waals surface area contributed by atoms with E-state index in [-0.39, 0.29) is 5.84 Å². The van der Waals surface area contributed by atoms with Gasteiger partial charge in [0.05, 0.1) is 10.2 Å². The molecule has 3 heterocycles. The third-order valence-electron chi connectivity index (χ3n) is 9.53. The van der Waals surface area contributed by atoms with Gasteiger partial charge in [-0.15, -0.1) is 22.7 Å². The van der Waals surface area contributed by atoms with Crippen molar-refractivity contribution in [1.82, 2.24) is 4.98 Å². The normalized spacial score (nSPS) is 12.3. The number of furan rings is 1. The lowest BCUT2D eigenvalue weighted by atomic mass is 10.0. The molecule has 0 radical (unpaired) electrons. The molecule has 0 saturated heterocycles. The van der Waals surface area contributed by atoms with E-state index in [0.29, 0.717) is 11.4 Å². The number of hydrogen-bond donors (Lipinski definition) is 1. The fourth-order valence-corrected chi connectivity index (χ4v) is 9.24. The second-order valence-electron chi connectivity index (χ2n) is 12.8. The molecule has 10 aromatic rings. The number of benzene rings is 7. The van der Waals surface area contributed by atoms with E-state index in [9.17, 15) is 0 Å². The minimum atomic E-state index is 0.137. The van der Waals surface area contributed by atoms with Crippen molar-refractivity contribution in [2.24, 2.45) is 9.98 Å². The summed E-state index contributed by atoms with van der Waals surface area (Å²) in [6, 6.07) is 53.3. The predicted octanol–water partition coefficient (Wildman–Crippen LogP) is 12.8. The van der Waals surface area contributed by atoms with Crippen molar-refractivity contribution in [3.8, 4) is 21.7 Å². The van der Waals surface area contributed by atoms with Crippen LogP contribution in [-0.4, -0.2) is 22.9 Å². The van der Waals surface area contributed by atoms with Crippen molar-refractivity contribution in [2.75, 3.05) is 0 Å². The third-order valence-corrected chi connectivity index (χ3v) is 11.8. The Morgan fingerprint density at radius 1 is 0.585 bits per heavy atom. The van der Waals surface area contributed by atoms with Crippen molar-refractivity contribution in [3.63, 3.8) is 0 Å². The molecule has 250 valence electrons. The number of nitrogens with zero attached hydrogens (tertiary/aromatic N) is 3. The Balaban J connectivity index is 1.03. The fourth-order valence-electron chi connectivity index (χ4n) is 7.00. The van der Waals surface area contributed by atoms with Crippen molar-refractivity contribution < 1.29 is 4.42 Å². The SMILES string of the molecule is N=C(N=C(N=Cc1cccc2oc3cccc(-c4nc5ccccc5s4)c3c12)c1ccccc1)c1ccc(-c2cccc3c2sc2ccccc23)cc1. The van der Waals surface area contributed by atoms with Crippen LogP contribution in [0.1, 0.15) is 16.7 Å². The van der Waals surface area contributed by atoms with E-state index in [1.165, 1.54) is 25.7 Å². The highest BCUT2D eigenvalue weighted by Gasteiger charge is 2.18. The summed E-state index contributed by atoms with van der Waals surface area (Å²) in [5.41, 5.74) is 8.29. The molecule has 0 saturated carbocycles. The molecule has 53 heavy (non-hydrogen) atoms. The van der Waals surface area contributed by atoms with Gasteiger partial charge in [0.15, 0.2) is 11.7 Å². The van der Waals surface area contributed by atoms with Gasteiger partial charge in [0, 0.05) is 59.4 Å². The minimum Gasteiger partial charge on any atom is -0.456 e. The predicted molar refractivity (Wildman–Crippen MR) is 225 cm³/mol. The monoisotopic (exact) mass is 716 g/mol. The molecule has 0 spiro atoms. The lowest BCUT2D eigenvalue weighted by Gasteiger charge is -2.07. The summed E-state index contributed by atoms with van der Waals surface area (Å²) in [6.45, 7) is 0. The number of aliphatic imine (C=N–C) groups is 2. The van der Waals surface area contributed by atoms with E-state index in [1.807, 2.05) is 109 Å². The Hall–Kier alpha value is -6.54. The second kappa shape index (κ2) is 12.9. The maximum absolute atomic E-state index is 9.08. The summed E-state index contributed by atoms with van der Waals surface area (Å²) in [5, 5.41) is 14.5. The summed E-state index contributed by atoms with van der Waals surface area (Å²) in [6.07, 6.45) is 1.83. The summed E-state index contributed by atoms with van der Waals surface area (Å²) < 4.78 is 10.1. The molecule has 0 aliphatic carbocycles. The molecule has 0 bridgehead atoms. The number of thiophene rings is 1. The highest BCUT2D eigenvalue weighted by molar-refractivity contribution is 7.26. The number of fused-ring (bicyclic) bond motifs is 7. The van der Waals surface area contributed by atoms with Gasteiger partial charge >= 0.3 is 0 Å². The molecule has 3 aromatic heterocycles. The first-order chi connectivity index (χ1) is 26.2. The number of para-hydroxylation sites is 1. The van der Waals surface area contributed by atoms with Crippen LogP contribution in [0.3, 0.4) is 0 Å². The van der Waals surface area contributed by atoms with Crippen LogP contribution >= 0.6 is 22.7 Å². The van der Waals surface area contributed by atoms with Crippen molar-refractivity contribution in [2.45, 2.75) is 0 Å². The van der Waals surface area contributed by atoms with Crippen molar-refractivity contribution in [1.29, 1.82) is 5.41 Å². The standard InChI is InChI=1S/C46H28N4OS2/c47-44(29-25-23-28(24-26-29)32-15-9-16-34-33-14-4-6-21-39(33)52-43(32)34)50-45(30-11-2-1-3-12-30)48-27-31-13-8-19-37-41(31)42-35(17-10-20-38(42)51-37)46-49-36-18-5-7-22-40(36)53-46/h1-27,47H. The Morgan fingerprint density at radius 2 is 1.28 bits per heavy atom. The van der Waals surface area contributed by atoms with Gasteiger partial charge in [-0.25, -0.2) is 15.0 Å². The highest BCUT2D eigenvalue weighted by Crippen LogP contribution is 2.41. The fraction of sp³-hybridized carbons (Fsp3) is 0. The highest BCUT2D eigenvalue weighted by atomic mass is 32.1. The van der Waals surface area contributed by atoms with Gasteiger partial charge in [-0.3, -0.25) is 5.41 Å². The van der Waals surface area contributed by atoms with Crippen LogP contribution in [0.15, 0.2) is 172 Å². The van der Waals surface area contributed by atoms with E-state index in [0.717, 1.165) is 59.4 Å². The van der Waals surface area contributed by atoms with Crippen LogP contribution in [-0.2, 0) is 0 Å². The Bertz CT molecular complexity index is 3040. The number of amidine groups is 2. The first-order valence-corrected chi connectivity index (χ1v) is 18.9. The van der Waals surface area contributed by atoms with Crippen LogP contribution in [0, 0.1) is 5.41 Å². The molecule has 0 aliphatic heterocycles. The van der Waals surface area contributed by atoms with Gasteiger partial charge in [0.25, 0.3) is 0 Å². The van der Waals surface area contributed by atoms with Crippen LogP contribution in [0.2, 0.25) is 0 Å². The van der Waals surface area contributed by atoms with Gasteiger partial charge < -0.3 is 4.42 Å². The largest absolute Gasteiger partial charge is 0.456 e. The molecule has 0 amide bonds. The van der Waals surface area contributed by atoms with E-state index in [1.54, 1.807) is 11.3 Å². The maximum Gasteiger partial charge on any atom is 0.161 e. The topological polar surface area (TPSA) is 74.6 Å². The van der Waals surface area contributed by atoms with Crippen LogP contribution in [0.5, 0.6) is 0 Å². The summed E-state index contributed by atoms with van der Waals surface area (Å²) in [5.74, 6) is 0.587.